The molecule has 0 aliphatic carbocycles. The Morgan fingerprint density at radius 3 is 2.43 bits per heavy atom. The maximum absolute atomic E-state index is 13.2. The van der Waals surface area contributed by atoms with E-state index >= 15 is 0 Å². The zero-order chi connectivity index (χ0) is 19.7. The molecule has 7 nitrogen and oxygen atoms in total. The minimum absolute atomic E-state index is 0.188. The van der Waals surface area contributed by atoms with Gasteiger partial charge in [0.15, 0.2) is 11.5 Å². The van der Waals surface area contributed by atoms with Gasteiger partial charge in [0, 0.05) is 26.2 Å². The zero-order valence-electron chi connectivity index (χ0n) is 16.0. The van der Waals surface area contributed by atoms with Gasteiger partial charge < -0.3 is 19.7 Å². The predicted molar refractivity (Wildman–Crippen MR) is 105 cm³/mol. The Morgan fingerprint density at radius 2 is 1.71 bits per heavy atom. The number of hydrogen-bond acceptors (Lipinski definition) is 6. The fraction of sp³-hybridized carbons (Fsp3) is 0.333. The Bertz CT molecular complexity index is 922. The van der Waals surface area contributed by atoms with Crippen molar-refractivity contribution in [2.75, 3.05) is 45.3 Å². The summed E-state index contributed by atoms with van der Waals surface area (Å²) < 4.78 is 10.6. The van der Waals surface area contributed by atoms with E-state index in [4.69, 9.17) is 9.47 Å². The number of benzene rings is 2. The molecule has 0 saturated carbocycles. The van der Waals surface area contributed by atoms with Gasteiger partial charge in [0.1, 0.15) is 0 Å². The lowest BCUT2D eigenvalue weighted by Crippen LogP contribution is -2.44. The second-order valence-electron chi connectivity index (χ2n) is 6.82. The van der Waals surface area contributed by atoms with Crippen molar-refractivity contribution in [2.24, 2.45) is 0 Å². The summed E-state index contributed by atoms with van der Waals surface area (Å²) in [5.74, 6) is 0.670. The van der Waals surface area contributed by atoms with Crippen molar-refractivity contribution >= 4 is 17.5 Å². The number of methoxy groups -OCH3 is 2. The summed E-state index contributed by atoms with van der Waals surface area (Å²) in [7, 11) is 3.13. The summed E-state index contributed by atoms with van der Waals surface area (Å²) >= 11 is 0. The van der Waals surface area contributed by atoms with Crippen LogP contribution in [0.2, 0.25) is 0 Å². The molecule has 2 aromatic rings. The first-order valence-electron chi connectivity index (χ1n) is 9.30. The molecule has 7 heteroatoms. The molecule has 2 aliphatic rings. The highest BCUT2D eigenvalue weighted by molar-refractivity contribution is 6.23. The summed E-state index contributed by atoms with van der Waals surface area (Å²) in [5, 5.41) is 3.31. The number of carbonyl (C=O) groups excluding carboxylic acids is 2. The molecule has 1 fully saturated rings. The summed E-state index contributed by atoms with van der Waals surface area (Å²) in [6.45, 7) is 3.54. The lowest BCUT2D eigenvalue weighted by atomic mass is 10.1. The molecule has 0 unspecified atom stereocenters. The van der Waals surface area contributed by atoms with Crippen LogP contribution < -0.4 is 19.7 Å². The van der Waals surface area contributed by atoms with Gasteiger partial charge in [-0.2, -0.15) is 0 Å². The first-order valence-corrected chi connectivity index (χ1v) is 9.30. The van der Waals surface area contributed by atoms with Crippen LogP contribution in [0.25, 0.3) is 0 Å². The average molecular weight is 381 g/mol. The van der Waals surface area contributed by atoms with E-state index in [1.165, 1.54) is 4.90 Å². The maximum atomic E-state index is 13.2. The first kappa shape index (κ1) is 18.3. The van der Waals surface area contributed by atoms with Crippen LogP contribution in [0.5, 0.6) is 11.5 Å². The number of amides is 2. The molecule has 0 radical (unpaired) electrons. The van der Waals surface area contributed by atoms with E-state index in [0.717, 1.165) is 37.4 Å². The molecule has 1 saturated heterocycles. The van der Waals surface area contributed by atoms with E-state index in [1.54, 1.807) is 32.4 Å². The van der Waals surface area contributed by atoms with Crippen molar-refractivity contribution in [3.05, 3.63) is 53.1 Å². The third kappa shape index (κ3) is 3.07. The lowest BCUT2D eigenvalue weighted by molar-refractivity contribution is 0.0642. The summed E-state index contributed by atoms with van der Waals surface area (Å²) in [6.07, 6.45) is 0. The number of ether oxygens (including phenoxy) is 2. The third-order valence-corrected chi connectivity index (χ3v) is 5.22. The Hall–Kier alpha value is -3.06. The standard InChI is InChI=1S/C21H23N3O4/c1-27-17-7-6-14(12-18(17)28-2)13-24-20(25)15-4-3-5-16(19(15)21(24)26)23-10-8-22-9-11-23/h3-7,12,22H,8-11,13H2,1-2H3. The van der Waals surface area contributed by atoms with Gasteiger partial charge in [-0.25, -0.2) is 0 Å². The minimum Gasteiger partial charge on any atom is -0.493 e. The molecular formula is C21H23N3O4. The zero-order valence-corrected chi connectivity index (χ0v) is 16.0. The molecule has 2 aliphatic heterocycles. The van der Waals surface area contributed by atoms with Gasteiger partial charge in [-0.3, -0.25) is 14.5 Å². The molecule has 4 rings (SSSR count). The fourth-order valence-electron chi connectivity index (χ4n) is 3.79. The molecule has 2 aromatic carbocycles. The number of anilines is 1. The van der Waals surface area contributed by atoms with Gasteiger partial charge >= 0.3 is 0 Å². The number of fused-ring (bicyclic) bond motifs is 1. The maximum Gasteiger partial charge on any atom is 0.263 e. The predicted octanol–water partition coefficient (Wildman–Crippen LogP) is 1.91. The number of carbonyl (C=O) groups is 2. The number of hydrogen-bond donors (Lipinski definition) is 1. The first-order chi connectivity index (χ1) is 13.6. The highest BCUT2D eigenvalue weighted by Crippen LogP contribution is 2.34. The van der Waals surface area contributed by atoms with Crippen LogP contribution in [-0.2, 0) is 6.54 Å². The van der Waals surface area contributed by atoms with Gasteiger partial charge in [-0.15, -0.1) is 0 Å². The Labute approximate surface area is 163 Å². The molecule has 146 valence electrons. The van der Waals surface area contributed by atoms with Crippen LogP contribution in [0.1, 0.15) is 26.3 Å². The second kappa shape index (κ2) is 7.52. The monoisotopic (exact) mass is 381 g/mol. The number of imide groups is 1. The highest BCUT2D eigenvalue weighted by atomic mass is 16.5. The Kier molecular flexibility index (Phi) is 4.92. The van der Waals surface area contributed by atoms with Crippen LogP contribution in [0, 0.1) is 0 Å². The van der Waals surface area contributed by atoms with E-state index in [1.807, 2.05) is 18.2 Å². The smallest absolute Gasteiger partial charge is 0.263 e. The van der Waals surface area contributed by atoms with Crippen LogP contribution >= 0.6 is 0 Å². The quantitative estimate of drug-likeness (QED) is 0.798. The highest BCUT2D eigenvalue weighted by Gasteiger charge is 2.38. The van der Waals surface area contributed by atoms with Gasteiger partial charge in [0.05, 0.1) is 37.6 Å². The average Bonchev–Trinajstić information content (AvgIpc) is 2.99. The Balaban J connectivity index is 1.64. The normalized spacial score (nSPS) is 16.4. The molecular weight excluding hydrogens is 358 g/mol. The molecule has 2 amide bonds. The van der Waals surface area contributed by atoms with Gasteiger partial charge in [0.2, 0.25) is 0 Å². The molecule has 0 spiro atoms. The van der Waals surface area contributed by atoms with E-state index in [2.05, 4.69) is 10.2 Å². The topological polar surface area (TPSA) is 71.1 Å². The fourth-order valence-corrected chi connectivity index (χ4v) is 3.79. The number of nitrogens with one attached hydrogen (secondary N) is 1. The van der Waals surface area contributed by atoms with Crippen molar-refractivity contribution in [3.8, 4) is 11.5 Å². The summed E-state index contributed by atoms with van der Waals surface area (Å²) in [6, 6.07) is 10.9. The summed E-state index contributed by atoms with van der Waals surface area (Å²) in [4.78, 5) is 29.6. The van der Waals surface area contributed by atoms with Gasteiger partial charge in [-0.05, 0) is 29.8 Å². The van der Waals surface area contributed by atoms with Crippen molar-refractivity contribution in [1.82, 2.24) is 10.2 Å². The molecule has 28 heavy (non-hydrogen) atoms. The van der Waals surface area contributed by atoms with Crippen molar-refractivity contribution < 1.29 is 19.1 Å². The van der Waals surface area contributed by atoms with E-state index in [0.29, 0.717) is 22.6 Å². The van der Waals surface area contributed by atoms with Gasteiger partial charge in [-0.1, -0.05) is 12.1 Å². The van der Waals surface area contributed by atoms with E-state index in [-0.39, 0.29) is 18.4 Å². The Morgan fingerprint density at radius 1 is 0.964 bits per heavy atom. The largest absolute Gasteiger partial charge is 0.493 e. The lowest BCUT2D eigenvalue weighted by Gasteiger charge is -2.30. The van der Waals surface area contributed by atoms with Crippen LogP contribution in [0.3, 0.4) is 0 Å². The van der Waals surface area contributed by atoms with Crippen molar-refractivity contribution in [3.63, 3.8) is 0 Å². The molecule has 2 heterocycles. The second-order valence-corrected chi connectivity index (χ2v) is 6.82. The van der Waals surface area contributed by atoms with Gasteiger partial charge in [0.25, 0.3) is 11.8 Å². The SMILES string of the molecule is COc1ccc(CN2C(=O)c3cccc(N4CCNCC4)c3C2=O)cc1OC. The molecule has 0 bridgehead atoms. The van der Waals surface area contributed by atoms with E-state index < -0.39 is 0 Å². The molecule has 0 aromatic heterocycles. The third-order valence-electron chi connectivity index (χ3n) is 5.22. The summed E-state index contributed by atoms with van der Waals surface area (Å²) in [5.41, 5.74) is 2.62. The van der Waals surface area contributed by atoms with Crippen LogP contribution in [0.4, 0.5) is 5.69 Å². The number of piperazine rings is 1. The molecule has 1 N–H and O–H groups in total. The van der Waals surface area contributed by atoms with Crippen LogP contribution in [-0.4, -0.2) is 57.1 Å². The van der Waals surface area contributed by atoms with Crippen molar-refractivity contribution in [2.45, 2.75) is 6.54 Å². The molecule has 0 atom stereocenters. The minimum atomic E-state index is -0.258. The number of nitrogens with zero attached hydrogens (tertiary/aromatic N) is 2. The number of rotatable bonds is 5. The van der Waals surface area contributed by atoms with Crippen molar-refractivity contribution in [1.29, 1.82) is 0 Å². The van der Waals surface area contributed by atoms with Crippen LogP contribution in [0.15, 0.2) is 36.4 Å². The van der Waals surface area contributed by atoms with E-state index in [9.17, 15) is 9.59 Å².